The summed E-state index contributed by atoms with van der Waals surface area (Å²) in [6, 6.07) is 15.8. The first-order valence-electron chi connectivity index (χ1n) is 8.67. The molecule has 120 valence electrons. The smallest absolute Gasteiger partial charge is 0.151 e. The van der Waals surface area contributed by atoms with Gasteiger partial charge in [-0.05, 0) is 32.0 Å². The first-order valence-corrected chi connectivity index (χ1v) is 8.67. The lowest BCUT2D eigenvalue weighted by molar-refractivity contribution is 0.149. The fraction of sp³-hybridized carbons (Fsp3) is 0.474. The highest BCUT2D eigenvalue weighted by Gasteiger charge is 2.33. The lowest BCUT2D eigenvalue weighted by Gasteiger charge is -2.44. The summed E-state index contributed by atoms with van der Waals surface area (Å²) in [6.45, 7) is 2.15. The van der Waals surface area contributed by atoms with Crippen LogP contribution in [0.3, 0.4) is 0 Å². The van der Waals surface area contributed by atoms with Crippen LogP contribution in [0, 0.1) is 0 Å². The van der Waals surface area contributed by atoms with Crippen molar-refractivity contribution >= 4 is 5.82 Å². The van der Waals surface area contributed by atoms with E-state index in [1.165, 1.54) is 25.7 Å². The fourth-order valence-electron chi connectivity index (χ4n) is 3.93. The molecule has 1 aromatic heterocycles. The summed E-state index contributed by atoms with van der Waals surface area (Å²) in [5, 5.41) is 8.97. The molecule has 4 heteroatoms. The zero-order valence-electron chi connectivity index (χ0n) is 13.7. The Balaban J connectivity index is 1.54. The normalized spacial score (nSPS) is 25.2. The van der Waals surface area contributed by atoms with Gasteiger partial charge in [-0.25, -0.2) is 0 Å². The monoisotopic (exact) mass is 308 g/mol. The van der Waals surface area contributed by atoms with Crippen LogP contribution in [0.2, 0.25) is 0 Å². The SMILES string of the molecule is CN1C2CCCCC1CN(c1ccc(-c3ccccc3)nn1)C2. The molecule has 4 nitrogen and oxygen atoms in total. The van der Waals surface area contributed by atoms with Crippen LogP contribution in [0.15, 0.2) is 42.5 Å². The number of hydrogen-bond donors (Lipinski definition) is 0. The number of likely N-dealkylation sites (N-methyl/N-ethyl adjacent to an activating group) is 1. The molecule has 0 aliphatic carbocycles. The van der Waals surface area contributed by atoms with Gasteiger partial charge in [-0.3, -0.25) is 4.90 Å². The molecule has 2 aliphatic rings. The highest BCUT2D eigenvalue weighted by Crippen LogP contribution is 2.28. The number of piperazine rings is 1. The Labute approximate surface area is 138 Å². The van der Waals surface area contributed by atoms with E-state index in [-0.39, 0.29) is 0 Å². The Hall–Kier alpha value is -1.94. The minimum absolute atomic E-state index is 0.659. The third-order valence-corrected chi connectivity index (χ3v) is 5.38. The van der Waals surface area contributed by atoms with Crippen molar-refractivity contribution < 1.29 is 0 Å². The predicted octanol–water partition coefficient (Wildman–Crippen LogP) is 3.21. The largest absolute Gasteiger partial charge is 0.352 e. The average Bonchev–Trinajstić information content (AvgIpc) is 2.72. The summed E-state index contributed by atoms with van der Waals surface area (Å²) in [5.74, 6) is 1.02. The van der Waals surface area contributed by atoms with Crippen LogP contribution in [0.1, 0.15) is 25.7 Å². The molecule has 3 heterocycles. The van der Waals surface area contributed by atoms with Crippen LogP contribution in [0.5, 0.6) is 0 Å². The summed E-state index contributed by atoms with van der Waals surface area (Å²) in [4.78, 5) is 5.03. The van der Waals surface area contributed by atoms with E-state index in [1.54, 1.807) is 0 Å². The van der Waals surface area contributed by atoms with Gasteiger partial charge in [0.1, 0.15) is 0 Å². The van der Waals surface area contributed by atoms with E-state index < -0.39 is 0 Å². The standard InChI is InChI=1S/C19H24N4/c1-22-16-9-5-6-10-17(22)14-23(13-16)19-12-11-18(20-21-19)15-7-3-2-4-8-15/h2-4,7-8,11-12,16-17H,5-6,9-10,13-14H2,1H3. The maximum absolute atomic E-state index is 4.52. The van der Waals surface area contributed by atoms with Gasteiger partial charge in [0.05, 0.1) is 5.69 Å². The van der Waals surface area contributed by atoms with Gasteiger partial charge in [0.15, 0.2) is 5.82 Å². The average molecular weight is 308 g/mol. The molecule has 0 N–H and O–H groups in total. The van der Waals surface area contributed by atoms with Crippen molar-refractivity contribution in [3.8, 4) is 11.3 Å². The molecule has 23 heavy (non-hydrogen) atoms. The highest BCUT2D eigenvalue weighted by atomic mass is 15.3. The van der Waals surface area contributed by atoms with E-state index >= 15 is 0 Å². The number of hydrogen-bond acceptors (Lipinski definition) is 4. The lowest BCUT2D eigenvalue weighted by Crippen LogP contribution is -2.56. The third kappa shape index (κ3) is 2.95. The zero-order chi connectivity index (χ0) is 15.6. The lowest BCUT2D eigenvalue weighted by atomic mass is 10.1. The quantitative estimate of drug-likeness (QED) is 0.853. The second kappa shape index (κ2) is 6.28. The number of anilines is 1. The predicted molar refractivity (Wildman–Crippen MR) is 93.5 cm³/mol. The molecule has 2 bridgehead atoms. The van der Waals surface area contributed by atoms with Crippen LogP contribution < -0.4 is 4.90 Å². The van der Waals surface area contributed by atoms with Gasteiger partial charge in [0, 0.05) is 30.7 Å². The van der Waals surface area contributed by atoms with Gasteiger partial charge < -0.3 is 4.90 Å². The summed E-state index contributed by atoms with van der Waals surface area (Å²) in [5.41, 5.74) is 2.07. The van der Waals surface area contributed by atoms with Gasteiger partial charge in [-0.1, -0.05) is 43.2 Å². The molecule has 2 fully saturated rings. The summed E-state index contributed by atoms with van der Waals surface area (Å²) in [6.07, 6.45) is 5.33. The van der Waals surface area contributed by atoms with E-state index in [4.69, 9.17) is 0 Å². The fourth-order valence-corrected chi connectivity index (χ4v) is 3.93. The molecule has 0 amide bonds. The van der Waals surface area contributed by atoms with Gasteiger partial charge in [-0.2, -0.15) is 0 Å². The molecule has 2 unspecified atom stereocenters. The van der Waals surface area contributed by atoms with Crippen LogP contribution in [0.4, 0.5) is 5.82 Å². The number of fused-ring (bicyclic) bond motifs is 2. The summed E-state index contributed by atoms with van der Waals surface area (Å²) < 4.78 is 0. The molecule has 0 spiro atoms. The Morgan fingerprint density at radius 3 is 2.17 bits per heavy atom. The Bertz CT molecular complexity index is 624. The minimum Gasteiger partial charge on any atom is -0.352 e. The molecule has 2 saturated heterocycles. The first kappa shape index (κ1) is 14.6. The Morgan fingerprint density at radius 2 is 1.57 bits per heavy atom. The molecule has 2 atom stereocenters. The van der Waals surface area contributed by atoms with E-state index in [1.807, 2.05) is 18.2 Å². The molecule has 0 radical (unpaired) electrons. The first-order chi connectivity index (χ1) is 11.3. The Kier molecular flexibility index (Phi) is 4.00. The van der Waals surface area contributed by atoms with Crippen LogP contribution in [-0.2, 0) is 0 Å². The summed E-state index contributed by atoms with van der Waals surface area (Å²) >= 11 is 0. The topological polar surface area (TPSA) is 32.3 Å². The van der Waals surface area contributed by atoms with Crippen molar-refractivity contribution in [3.63, 3.8) is 0 Å². The van der Waals surface area contributed by atoms with Crippen molar-refractivity contribution in [1.82, 2.24) is 15.1 Å². The number of benzene rings is 1. The molecular weight excluding hydrogens is 284 g/mol. The van der Waals surface area contributed by atoms with E-state index in [0.717, 1.165) is 30.2 Å². The highest BCUT2D eigenvalue weighted by molar-refractivity contribution is 5.59. The molecule has 2 aromatic rings. The summed E-state index contributed by atoms with van der Waals surface area (Å²) in [7, 11) is 2.29. The minimum atomic E-state index is 0.659. The molecular formula is C19H24N4. The molecule has 0 saturated carbocycles. The van der Waals surface area contributed by atoms with Crippen molar-refractivity contribution in [3.05, 3.63) is 42.5 Å². The van der Waals surface area contributed by atoms with E-state index in [9.17, 15) is 0 Å². The zero-order valence-corrected chi connectivity index (χ0v) is 13.7. The Morgan fingerprint density at radius 1 is 0.870 bits per heavy atom. The second-order valence-corrected chi connectivity index (χ2v) is 6.81. The maximum Gasteiger partial charge on any atom is 0.151 e. The van der Waals surface area contributed by atoms with E-state index in [2.05, 4.69) is 51.3 Å². The van der Waals surface area contributed by atoms with Gasteiger partial charge in [0.2, 0.25) is 0 Å². The third-order valence-electron chi connectivity index (χ3n) is 5.38. The number of nitrogens with zero attached hydrogens (tertiary/aromatic N) is 4. The number of rotatable bonds is 2. The van der Waals surface area contributed by atoms with Gasteiger partial charge in [-0.15, -0.1) is 10.2 Å². The molecule has 2 aliphatic heterocycles. The van der Waals surface area contributed by atoms with Crippen molar-refractivity contribution in [1.29, 1.82) is 0 Å². The van der Waals surface area contributed by atoms with Crippen molar-refractivity contribution in [2.75, 3.05) is 25.0 Å². The molecule has 4 rings (SSSR count). The van der Waals surface area contributed by atoms with Crippen molar-refractivity contribution in [2.24, 2.45) is 0 Å². The van der Waals surface area contributed by atoms with Crippen LogP contribution >= 0.6 is 0 Å². The molecule has 1 aromatic carbocycles. The van der Waals surface area contributed by atoms with E-state index in [0.29, 0.717) is 12.1 Å². The van der Waals surface area contributed by atoms with Gasteiger partial charge in [0.25, 0.3) is 0 Å². The number of aromatic nitrogens is 2. The van der Waals surface area contributed by atoms with Crippen molar-refractivity contribution in [2.45, 2.75) is 37.8 Å². The van der Waals surface area contributed by atoms with Gasteiger partial charge >= 0.3 is 0 Å². The second-order valence-electron chi connectivity index (χ2n) is 6.81. The van der Waals surface area contributed by atoms with Crippen LogP contribution in [0.25, 0.3) is 11.3 Å². The van der Waals surface area contributed by atoms with Crippen LogP contribution in [-0.4, -0.2) is 47.3 Å². The maximum atomic E-state index is 4.52.